The van der Waals surface area contributed by atoms with Crippen LogP contribution < -0.4 is 20.5 Å². The van der Waals surface area contributed by atoms with Crippen molar-refractivity contribution in [1.82, 2.24) is 15.8 Å². The zero-order valence-corrected chi connectivity index (χ0v) is 18.3. The van der Waals surface area contributed by atoms with E-state index < -0.39 is 17.9 Å². The molecule has 9 nitrogen and oxygen atoms in total. The van der Waals surface area contributed by atoms with Crippen LogP contribution in [0.4, 0.5) is 5.69 Å². The molecule has 2 atom stereocenters. The molecule has 0 radical (unpaired) electrons. The number of hydrazine groups is 1. The van der Waals surface area contributed by atoms with Crippen LogP contribution in [0.25, 0.3) is 0 Å². The first-order chi connectivity index (χ1) is 16.0. The minimum Gasteiger partial charge on any atom is -0.497 e. The Kier molecular flexibility index (Phi) is 6.69. The summed E-state index contributed by atoms with van der Waals surface area (Å²) < 4.78 is 5.07. The summed E-state index contributed by atoms with van der Waals surface area (Å²) in [5.74, 6) is -1.03. The van der Waals surface area contributed by atoms with E-state index in [-0.39, 0.29) is 24.1 Å². The Bertz CT molecular complexity index is 1040. The lowest BCUT2D eigenvalue weighted by Gasteiger charge is -2.34. The summed E-state index contributed by atoms with van der Waals surface area (Å²) in [6.07, 6.45) is 1.45. The molecule has 2 aromatic rings. The molecule has 0 spiro atoms. The number of likely N-dealkylation sites (tertiary alicyclic amines) is 1. The number of carbonyl (C=O) groups is 4. The van der Waals surface area contributed by atoms with Gasteiger partial charge in [-0.2, -0.15) is 0 Å². The van der Waals surface area contributed by atoms with Gasteiger partial charge in [-0.25, -0.2) is 4.90 Å². The van der Waals surface area contributed by atoms with Gasteiger partial charge in [0.2, 0.25) is 11.8 Å². The fourth-order valence-corrected chi connectivity index (χ4v) is 4.29. The van der Waals surface area contributed by atoms with Crippen LogP contribution in [-0.2, 0) is 14.4 Å². The third kappa shape index (κ3) is 4.88. The van der Waals surface area contributed by atoms with Crippen LogP contribution in [0.15, 0.2) is 54.6 Å². The van der Waals surface area contributed by atoms with Gasteiger partial charge < -0.3 is 4.74 Å². The van der Waals surface area contributed by atoms with E-state index in [1.807, 2.05) is 11.0 Å². The number of imide groups is 1. The molecule has 4 rings (SSSR count). The van der Waals surface area contributed by atoms with Crippen molar-refractivity contribution < 1.29 is 23.9 Å². The van der Waals surface area contributed by atoms with Crippen molar-refractivity contribution in [2.24, 2.45) is 5.92 Å². The van der Waals surface area contributed by atoms with Gasteiger partial charge in [0.25, 0.3) is 11.8 Å². The normalized spacial score (nSPS) is 21.1. The number of hydrogen-bond donors (Lipinski definition) is 2. The van der Waals surface area contributed by atoms with Gasteiger partial charge in [-0.3, -0.25) is 34.9 Å². The summed E-state index contributed by atoms with van der Waals surface area (Å²) in [5.41, 5.74) is 5.87. The molecule has 0 saturated carbocycles. The molecule has 2 N–H and O–H groups in total. The molecule has 2 fully saturated rings. The predicted octanol–water partition coefficient (Wildman–Crippen LogP) is 1.50. The van der Waals surface area contributed by atoms with E-state index in [2.05, 4.69) is 10.9 Å². The Balaban J connectivity index is 1.34. The lowest BCUT2D eigenvalue weighted by Crippen LogP contribution is -2.52. The first-order valence-corrected chi connectivity index (χ1v) is 10.9. The van der Waals surface area contributed by atoms with E-state index in [1.54, 1.807) is 48.5 Å². The highest BCUT2D eigenvalue weighted by Crippen LogP contribution is 2.28. The number of ether oxygens (including phenoxy) is 1. The van der Waals surface area contributed by atoms with E-state index >= 15 is 0 Å². The number of amides is 4. The van der Waals surface area contributed by atoms with Gasteiger partial charge in [-0.1, -0.05) is 18.2 Å². The van der Waals surface area contributed by atoms with E-state index in [1.165, 1.54) is 12.0 Å². The van der Waals surface area contributed by atoms with Crippen molar-refractivity contribution in [3.63, 3.8) is 0 Å². The first-order valence-electron chi connectivity index (χ1n) is 10.9. The summed E-state index contributed by atoms with van der Waals surface area (Å²) in [6.45, 7) is 0.977. The molecule has 0 bridgehead atoms. The number of nitrogens with zero attached hydrogens (tertiary/aromatic N) is 2. The molecule has 172 valence electrons. The lowest BCUT2D eigenvalue weighted by atomic mass is 9.95. The summed E-state index contributed by atoms with van der Waals surface area (Å²) in [5, 5.41) is 0. The fourth-order valence-electron chi connectivity index (χ4n) is 4.29. The molecule has 2 aliphatic heterocycles. The zero-order valence-electron chi connectivity index (χ0n) is 18.3. The number of anilines is 1. The Morgan fingerprint density at radius 3 is 2.42 bits per heavy atom. The average molecular weight is 450 g/mol. The standard InChI is InChI=1S/C24H26N4O5/c1-33-19-11-9-16(10-12-19)22(30)25-26-23(31)17-6-5-13-27(15-17)20-14-21(29)28(24(20)32)18-7-3-2-4-8-18/h2-4,7-12,17,20H,5-6,13-15H2,1H3,(H,25,30)(H,26,31)/t17-,20-/m0/s1. The Hall–Kier alpha value is -3.72. The van der Waals surface area contributed by atoms with Crippen molar-refractivity contribution in [1.29, 1.82) is 0 Å². The number of carbonyl (C=O) groups excluding carboxylic acids is 4. The molecule has 0 unspecified atom stereocenters. The summed E-state index contributed by atoms with van der Waals surface area (Å²) >= 11 is 0. The molecule has 0 aromatic heterocycles. The lowest BCUT2D eigenvalue weighted by molar-refractivity contribution is -0.130. The van der Waals surface area contributed by atoms with Crippen LogP contribution in [-0.4, -0.2) is 54.8 Å². The highest BCUT2D eigenvalue weighted by molar-refractivity contribution is 6.22. The SMILES string of the molecule is COc1ccc(C(=O)NNC(=O)[C@H]2CCCN([C@H]3CC(=O)N(c4ccccc4)C3=O)C2)cc1. The topological polar surface area (TPSA) is 108 Å². The van der Waals surface area contributed by atoms with Crippen LogP contribution in [0.5, 0.6) is 5.75 Å². The monoisotopic (exact) mass is 450 g/mol. The van der Waals surface area contributed by atoms with Crippen molar-refractivity contribution >= 4 is 29.3 Å². The zero-order chi connectivity index (χ0) is 23.4. The van der Waals surface area contributed by atoms with Gasteiger partial charge in [0, 0.05) is 12.1 Å². The van der Waals surface area contributed by atoms with Crippen LogP contribution in [0.1, 0.15) is 29.6 Å². The molecule has 33 heavy (non-hydrogen) atoms. The van der Waals surface area contributed by atoms with E-state index in [0.717, 1.165) is 0 Å². The van der Waals surface area contributed by atoms with E-state index in [0.29, 0.717) is 42.9 Å². The maximum Gasteiger partial charge on any atom is 0.269 e. The summed E-state index contributed by atoms with van der Waals surface area (Å²) in [4.78, 5) is 53.7. The van der Waals surface area contributed by atoms with Gasteiger partial charge in [-0.05, 0) is 55.8 Å². The highest BCUT2D eigenvalue weighted by atomic mass is 16.5. The highest BCUT2D eigenvalue weighted by Gasteiger charge is 2.44. The molecule has 2 heterocycles. The molecule has 2 aromatic carbocycles. The van der Waals surface area contributed by atoms with Crippen molar-refractivity contribution in [2.75, 3.05) is 25.1 Å². The molecular weight excluding hydrogens is 424 g/mol. The van der Waals surface area contributed by atoms with Crippen LogP contribution in [0, 0.1) is 5.92 Å². The second-order valence-electron chi connectivity index (χ2n) is 8.13. The summed E-state index contributed by atoms with van der Waals surface area (Å²) in [6, 6.07) is 14.8. The van der Waals surface area contributed by atoms with Gasteiger partial charge >= 0.3 is 0 Å². The van der Waals surface area contributed by atoms with Crippen molar-refractivity contribution in [2.45, 2.75) is 25.3 Å². The number of methoxy groups -OCH3 is 1. The Morgan fingerprint density at radius 2 is 1.73 bits per heavy atom. The largest absolute Gasteiger partial charge is 0.497 e. The molecule has 2 saturated heterocycles. The smallest absolute Gasteiger partial charge is 0.269 e. The van der Waals surface area contributed by atoms with Gasteiger partial charge in [0.1, 0.15) is 5.75 Å². The number of para-hydroxylation sites is 1. The third-order valence-electron chi connectivity index (χ3n) is 6.05. The minimum atomic E-state index is -0.581. The number of nitrogens with one attached hydrogen (secondary N) is 2. The maximum absolute atomic E-state index is 13.0. The van der Waals surface area contributed by atoms with Crippen molar-refractivity contribution in [3.05, 3.63) is 60.2 Å². The molecule has 2 aliphatic rings. The van der Waals surface area contributed by atoms with E-state index in [9.17, 15) is 19.2 Å². The van der Waals surface area contributed by atoms with Crippen LogP contribution >= 0.6 is 0 Å². The second kappa shape index (κ2) is 9.83. The predicted molar refractivity (Wildman–Crippen MR) is 120 cm³/mol. The van der Waals surface area contributed by atoms with Crippen LogP contribution in [0.2, 0.25) is 0 Å². The Morgan fingerprint density at radius 1 is 1.00 bits per heavy atom. The summed E-state index contributed by atoms with van der Waals surface area (Å²) in [7, 11) is 1.54. The quantitative estimate of drug-likeness (QED) is 0.528. The molecular formula is C24H26N4O5. The van der Waals surface area contributed by atoms with Gasteiger partial charge in [-0.15, -0.1) is 0 Å². The molecule has 9 heteroatoms. The second-order valence-corrected chi connectivity index (χ2v) is 8.13. The fraction of sp³-hybridized carbons (Fsp3) is 0.333. The Labute approximate surface area is 191 Å². The van der Waals surface area contributed by atoms with Gasteiger partial charge in [0.05, 0.1) is 31.2 Å². The maximum atomic E-state index is 13.0. The first kappa shape index (κ1) is 22.5. The third-order valence-corrected chi connectivity index (χ3v) is 6.05. The van der Waals surface area contributed by atoms with Crippen LogP contribution in [0.3, 0.4) is 0 Å². The number of hydrogen-bond acceptors (Lipinski definition) is 6. The number of rotatable bonds is 5. The molecule has 0 aliphatic carbocycles. The minimum absolute atomic E-state index is 0.0935. The number of piperidine rings is 1. The average Bonchev–Trinajstić information content (AvgIpc) is 3.16. The number of benzene rings is 2. The van der Waals surface area contributed by atoms with Gasteiger partial charge in [0.15, 0.2) is 0 Å². The van der Waals surface area contributed by atoms with E-state index in [4.69, 9.17) is 4.74 Å². The van der Waals surface area contributed by atoms with Crippen molar-refractivity contribution in [3.8, 4) is 5.75 Å². The molecule has 4 amide bonds.